The molecule has 2 fully saturated rings. The fourth-order valence-corrected chi connectivity index (χ4v) is 19.2. The van der Waals surface area contributed by atoms with Gasteiger partial charge in [-0.3, -0.25) is 9.69 Å². The molecule has 0 saturated carbocycles. The van der Waals surface area contributed by atoms with Gasteiger partial charge in [0, 0.05) is 46.2 Å². The van der Waals surface area contributed by atoms with E-state index in [-0.39, 0.29) is 105 Å². The molecule has 2 aliphatic rings. The number of ether oxygens (including phenoxy) is 1. The third-order valence-electron chi connectivity index (χ3n) is 24.1. The third-order valence-corrected chi connectivity index (χ3v) is 24.1. The zero-order chi connectivity index (χ0) is 91.4. The summed E-state index contributed by atoms with van der Waals surface area (Å²) in [6.45, 7) is 93.6. The average Bonchev–Trinajstić information content (AvgIpc) is 0.758. The van der Waals surface area contributed by atoms with Crippen molar-refractivity contribution >= 4 is 17.9 Å². The van der Waals surface area contributed by atoms with Crippen LogP contribution in [0.4, 0.5) is 11.9 Å². The highest BCUT2D eigenvalue weighted by Gasteiger charge is 2.45. The van der Waals surface area contributed by atoms with Crippen molar-refractivity contribution in [3.05, 3.63) is 154 Å². The predicted octanol–water partition coefficient (Wildman–Crippen LogP) is 26.8. The van der Waals surface area contributed by atoms with Gasteiger partial charge in [0.1, 0.15) is 28.8 Å². The normalized spacial score (nSPS) is 16.1. The minimum atomic E-state index is -0.226. The van der Waals surface area contributed by atoms with Crippen molar-refractivity contribution in [1.82, 2.24) is 30.5 Å². The molecular formula is C108H182N8O6. The molecule has 0 spiro atoms. The van der Waals surface area contributed by atoms with E-state index < -0.39 is 0 Å². The molecule has 122 heavy (non-hydrogen) atoms. The summed E-state index contributed by atoms with van der Waals surface area (Å²) in [5.74, 6) is 3.62. The molecule has 0 atom stereocenters. The van der Waals surface area contributed by atoms with E-state index >= 15 is 0 Å². The van der Waals surface area contributed by atoms with Crippen LogP contribution in [-0.2, 0) is 78.5 Å². The molecule has 3 heterocycles. The summed E-state index contributed by atoms with van der Waals surface area (Å²) in [6.07, 6.45) is 8.50. The van der Waals surface area contributed by atoms with E-state index in [1.165, 1.54) is 50.1 Å². The van der Waals surface area contributed by atoms with Crippen LogP contribution >= 0.6 is 0 Å². The van der Waals surface area contributed by atoms with E-state index in [4.69, 9.17) is 19.7 Å². The first kappa shape index (κ1) is 109. The Kier molecular flexibility index (Phi) is 34.8. The van der Waals surface area contributed by atoms with Crippen LogP contribution in [0, 0.1) is 33.1 Å². The van der Waals surface area contributed by atoms with Crippen LogP contribution in [0.25, 0.3) is 0 Å². The van der Waals surface area contributed by atoms with E-state index in [2.05, 4.69) is 346 Å². The first-order chi connectivity index (χ1) is 53.4. The number of aryl methyl sites for hydroxylation is 2. The number of phenolic OH excluding ortho intramolecular Hbond substituents is 4. The Labute approximate surface area is 747 Å². The zero-order valence-corrected chi connectivity index (χ0v) is 83.6. The number of piperidine rings is 2. The van der Waals surface area contributed by atoms with Crippen LogP contribution < -0.4 is 20.9 Å². The number of hydrogen-bond acceptors (Lipinski definition) is 14. The molecule has 0 bridgehead atoms. The lowest BCUT2D eigenvalue weighted by Crippen LogP contribution is -2.65. The highest BCUT2D eigenvalue weighted by Crippen LogP contribution is 2.48. The van der Waals surface area contributed by atoms with Gasteiger partial charge < -0.3 is 46.0 Å². The standard InChI is InChI=1S/C54H78O3.C32H62N8.C19H30O3.3CH4/c1-31-37(22-34-25-40(49(4,5)6)46(55)41(26-34)50(7,8)9)32(2)39(24-36-29-44(53(16,17)18)48(57)45(30-36)54(19,20)21)33(3)38(31)23-35-27-42(51(10,11)12)47(56)43(28-35)52(13,14)15;1-22-33-25(36-32(13,14)20-27(2,3)4)35-26(34-22)40(24-18-30(9,10)38-31(11,12)19-24)21-39(15)23-16-28(5,6)37-29(7,8)17-23;1-8-22-16(20)10-9-13-11-14(18(2,3)4)17(21)15(12-13)19(5,6)7;;;/h25-30,55-57H,22-24H2,1-21H3;23-24,37-38H,16-21H2,1-15H3,(H,33,34,35,36);11-12,21H,8-10H2,1-7H3;3*1H4. The van der Waals surface area contributed by atoms with E-state index in [0.717, 1.165) is 120 Å². The minimum Gasteiger partial charge on any atom is -0.507 e. The molecule has 0 radical (unpaired) electrons. The molecule has 2 aliphatic heterocycles. The number of phenols is 4. The van der Waals surface area contributed by atoms with Crippen molar-refractivity contribution in [1.29, 1.82) is 0 Å². The maximum Gasteiger partial charge on any atom is 0.306 e. The zero-order valence-electron chi connectivity index (χ0n) is 83.6. The summed E-state index contributed by atoms with van der Waals surface area (Å²) in [5, 5.41) is 56.9. The lowest BCUT2D eigenvalue weighted by atomic mass is 9.75. The van der Waals surface area contributed by atoms with Crippen molar-refractivity contribution in [3.8, 4) is 23.0 Å². The number of carbonyl (C=O) groups is 1. The molecule has 2 saturated heterocycles. The lowest BCUT2D eigenvalue weighted by Gasteiger charge is -2.52. The molecule has 14 nitrogen and oxygen atoms in total. The van der Waals surface area contributed by atoms with Crippen molar-refractivity contribution in [2.24, 2.45) is 5.41 Å². The van der Waals surface area contributed by atoms with Gasteiger partial charge in [0.05, 0.1) is 13.3 Å². The smallest absolute Gasteiger partial charge is 0.306 e. The molecule has 5 aromatic carbocycles. The van der Waals surface area contributed by atoms with Crippen LogP contribution in [0.15, 0.2) is 48.5 Å². The maximum atomic E-state index is 11.6. The van der Waals surface area contributed by atoms with Crippen LogP contribution in [0.1, 0.15) is 430 Å². The number of anilines is 2. The Hall–Kier alpha value is -6.74. The van der Waals surface area contributed by atoms with Gasteiger partial charge in [0.2, 0.25) is 11.9 Å². The molecule has 14 heteroatoms. The number of esters is 1. The Bertz CT molecular complexity index is 4100. The summed E-state index contributed by atoms with van der Waals surface area (Å²) >= 11 is 0. The van der Waals surface area contributed by atoms with E-state index in [9.17, 15) is 25.2 Å². The highest BCUT2D eigenvalue weighted by molar-refractivity contribution is 5.70. The van der Waals surface area contributed by atoms with Crippen LogP contribution in [0.3, 0.4) is 0 Å². The second-order valence-corrected chi connectivity index (χ2v) is 48.8. The predicted molar refractivity (Wildman–Crippen MR) is 526 cm³/mol. The van der Waals surface area contributed by atoms with Crippen molar-refractivity contribution in [2.75, 3.05) is 30.5 Å². The Morgan fingerprint density at radius 1 is 0.426 bits per heavy atom. The molecule has 6 aromatic rings. The molecule has 0 aliphatic carbocycles. The highest BCUT2D eigenvalue weighted by atomic mass is 16.5. The quantitative estimate of drug-likeness (QED) is 0.0318. The van der Waals surface area contributed by atoms with Crippen molar-refractivity contribution in [3.63, 3.8) is 0 Å². The largest absolute Gasteiger partial charge is 0.507 e. The van der Waals surface area contributed by atoms with Gasteiger partial charge in [-0.1, -0.05) is 258 Å². The number of nitrogens with one attached hydrogen (secondary N) is 3. The van der Waals surface area contributed by atoms with Gasteiger partial charge in [-0.2, -0.15) is 15.0 Å². The van der Waals surface area contributed by atoms with E-state index in [1.807, 2.05) is 26.0 Å². The van der Waals surface area contributed by atoms with Crippen molar-refractivity contribution < 1.29 is 30.0 Å². The molecule has 1 aromatic heterocycles. The summed E-state index contributed by atoms with van der Waals surface area (Å²) in [6, 6.07) is 18.2. The second kappa shape index (κ2) is 38.8. The fourth-order valence-electron chi connectivity index (χ4n) is 19.2. The van der Waals surface area contributed by atoms with Crippen LogP contribution in [0.2, 0.25) is 0 Å². The van der Waals surface area contributed by atoms with Gasteiger partial charge in [0.25, 0.3) is 0 Å². The number of carbonyl (C=O) groups excluding carboxylic acids is 1. The Morgan fingerprint density at radius 2 is 0.689 bits per heavy atom. The molecular weight excluding hydrogens is 1510 g/mol. The van der Waals surface area contributed by atoms with Crippen LogP contribution in [0.5, 0.6) is 23.0 Å². The first-order valence-corrected chi connectivity index (χ1v) is 44.7. The monoisotopic (exact) mass is 1690 g/mol. The fraction of sp³-hybridized carbons (Fsp3) is 0.685. The SMILES string of the molecule is C.C.C.CCOC(=O)CCc1cc(C(C)(C)C)c(O)c(C(C)(C)C)c1.Cc1c(Cc2cc(C(C)(C)C)c(O)c(C(C)(C)C)c2)c(C)c(Cc2cc(C(C)(C)C)c(O)c(C(C)(C)C)c2)c(C)c1Cc1cc(C(C)(C)C)c(O)c(C(C)(C)C)c1.Cc1nc(NC(C)(C)CC(C)(C)C)nc(N(CN(C)C2CC(C)(C)NC(C)(C)C2)C2CC(C)(C)NC(C)(C)C2)n1. The molecule has 0 amide bonds. The summed E-state index contributed by atoms with van der Waals surface area (Å²) in [5.41, 5.74) is 18.9. The van der Waals surface area contributed by atoms with Crippen molar-refractivity contribution in [2.45, 2.75) is 460 Å². The van der Waals surface area contributed by atoms with Crippen LogP contribution in [-0.4, -0.2) is 106 Å². The number of benzene rings is 5. The van der Waals surface area contributed by atoms with Gasteiger partial charge in [0.15, 0.2) is 0 Å². The summed E-state index contributed by atoms with van der Waals surface area (Å²) in [7, 11) is 2.28. The summed E-state index contributed by atoms with van der Waals surface area (Å²) < 4.78 is 4.99. The Morgan fingerprint density at radius 3 is 0.943 bits per heavy atom. The topological polar surface area (TPSA) is 188 Å². The van der Waals surface area contributed by atoms with Gasteiger partial charge in [-0.05, 0) is 318 Å². The molecule has 0 unspecified atom stereocenters. The van der Waals surface area contributed by atoms with Gasteiger partial charge in [-0.15, -0.1) is 0 Å². The van der Waals surface area contributed by atoms with E-state index in [1.54, 1.807) is 0 Å². The molecule has 7 N–H and O–H groups in total. The first-order valence-electron chi connectivity index (χ1n) is 44.7. The third kappa shape index (κ3) is 29.4. The number of rotatable bonds is 18. The molecule has 690 valence electrons. The minimum absolute atomic E-state index is 0. The lowest BCUT2D eigenvalue weighted by molar-refractivity contribution is -0.143. The molecule has 8 rings (SSSR count). The number of nitrogens with zero attached hydrogens (tertiary/aromatic N) is 5. The number of aromatic nitrogens is 3. The number of hydrogen-bond donors (Lipinski definition) is 7. The van der Waals surface area contributed by atoms with E-state index in [0.29, 0.717) is 60.5 Å². The summed E-state index contributed by atoms with van der Waals surface area (Å²) in [4.78, 5) is 31.4. The Balaban J connectivity index is 0.000000513. The average molecular weight is 1690 g/mol. The maximum absolute atomic E-state index is 11.6. The van der Waals surface area contributed by atoms with Gasteiger partial charge in [-0.25, -0.2) is 0 Å². The van der Waals surface area contributed by atoms with Gasteiger partial charge >= 0.3 is 5.97 Å². The second-order valence-electron chi connectivity index (χ2n) is 48.8. The number of aromatic hydroxyl groups is 4.